The molecule has 0 aliphatic rings. The third kappa shape index (κ3) is 3.58. The van der Waals surface area contributed by atoms with Crippen molar-refractivity contribution in [3.8, 4) is 0 Å². The molecule has 22 heavy (non-hydrogen) atoms. The van der Waals surface area contributed by atoms with Gasteiger partial charge in [-0.15, -0.1) is 5.10 Å². The molecule has 7 heteroatoms. The first-order valence-electron chi connectivity index (χ1n) is 6.57. The lowest BCUT2D eigenvalue weighted by Crippen LogP contribution is -2.06. The van der Waals surface area contributed by atoms with Gasteiger partial charge in [0.2, 0.25) is 11.9 Å². The molecule has 0 aliphatic carbocycles. The molecule has 0 atom stereocenters. The van der Waals surface area contributed by atoms with Crippen LogP contribution in [0.5, 0.6) is 0 Å². The third-order valence-electron chi connectivity index (χ3n) is 3.02. The molecular formula is C15H13BrClN5. The van der Waals surface area contributed by atoms with Crippen LogP contribution in [0.25, 0.3) is 0 Å². The molecule has 0 saturated heterocycles. The minimum absolute atomic E-state index is 0.358. The van der Waals surface area contributed by atoms with Gasteiger partial charge in [-0.05, 0) is 42.0 Å². The fraction of sp³-hybridized carbons (Fsp3) is 0.0667. The van der Waals surface area contributed by atoms with Gasteiger partial charge in [0.1, 0.15) is 0 Å². The summed E-state index contributed by atoms with van der Waals surface area (Å²) in [6.45, 7) is 0.556. The van der Waals surface area contributed by atoms with E-state index in [0.29, 0.717) is 23.5 Å². The van der Waals surface area contributed by atoms with Gasteiger partial charge in [0, 0.05) is 15.2 Å². The summed E-state index contributed by atoms with van der Waals surface area (Å²) in [7, 11) is 0. The lowest BCUT2D eigenvalue weighted by Gasteiger charge is -2.03. The standard InChI is InChI=1S/C15H13BrClN5/c16-11-3-1-2-10(8-11)9-22-14(18)20-15(21-22)19-13-6-4-12(17)5-7-13/h1-8H,9H2,(H3,18,19,20,21). The van der Waals surface area contributed by atoms with Gasteiger partial charge in [0.25, 0.3) is 0 Å². The Morgan fingerprint density at radius 1 is 1.18 bits per heavy atom. The third-order valence-corrected chi connectivity index (χ3v) is 3.77. The predicted octanol–water partition coefficient (Wildman–Crippen LogP) is 4.07. The highest BCUT2D eigenvalue weighted by Gasteiger charge is 2.08. The lowest BCUT2D eigenvalue weighted by atomic mass is 10.2. The fourth-order valence-corrected chi connectivity index (χ4v) is 2.57. The van der Waals surface area contributed by atoms with Gasteiger partial charge < -0.3 is 11.1 Å². The Balaban J connectivity index is 1.77. The molecule has 1 aromatic heterocycles. The van der Waals surface area contributed by atoms with E-state index in [1.54, 1.807) is 16.8 Å². The summed E-state index contributed by atoms with van der Waals surface area (Å²) in [4.78, 5) is 4.22. The average Bonchev–Trinajstić information content (AvgIpc) is 2.81. The molecule has 5 nitrogen and oxygen atoms in total. The van der Waals surface area contributed by atoms with Gasteiger partial charge in [-0.1, -0.05) is 39.7 Å². The molecule has 0 aliphatic heterocycles. The summed E-state index contributed by atoms with van der Waals surface area (Å²) >= 11 is 9.31. The first-order chi connectivity index (χ1) is 10.6. The molecule has 3 rings (SSSR count). The van der Waals surface area contributed by atoms with Crippen molar-refractivity contribution < 1.29 is 0 Å². The molecule has 3 N–H and O–H groups in total. The van der Waals surface area contributed by atoms with Gasteiger partial charge in [-0.2, -0.15) is 4.98 Å². The lowest BCUT2D eigenvalue weighted by molar-refractivity contribution is 0.698. The molecule has 0 bridgehead atoms. The quantitative estimate of drug-likeness (QED) is 0.718. The van der Waals surface area contributed by atoms with E-state index in [-0.39, 0.29) is 0 Å². The topological polar surface area (TPSA) is 68.8 Å². The van der Waals surface area contributed by atoms with Crippen molar-refractivity contribution in [2.24, 2.45) is 0 Å². The van der Waals surface area contributed by atoms with Crippen molar-refractivity contribution in [1.82, 2.24) is 14.8 Å². The minimum Gasteiger partial charge on any atom is -0.368 e. The van der Waals surface area contributed by atoms with Gasteiger partial charge in [0.15, 0.2) is 0 Å². The van der Waals surface area contributed by atoms with Crippen LogP contribution in [-0.4, -0.2) is 14.8 Å². The van der Waals surface area contributed by atoms with Crippen LogP contribution in [0.2, 0.25) is 5.02 Å². The summed E-state index contributed by atoms with van der Waals surface area (Å²) in [6, 6.07) is 15.3. The zero-order valence-electron chi connectivity index (χ0n) is 11.5. The first-order valence-corrected chi connectivity index (χ1v) is 7.74. The Labute approximate surface area is 141 Å². The monoisotopic (exact) mass is 377 g/mol. The zero-order chi connectivity index (χ0) is 15.5. The maximum Gasteiger partial charge on any atom is 0.248 e. The SMILES string of the molecule is Nc1nc(Nc2ccc(Cl)cc2)nn1Cc1cccc(Br)c1. The Bertz CT molecular complexity index is 785. The summed E-state index contributed by atoms with van der Waals surface area (Å²) in [6.07, 6.45) is 0. The molecule has 0 unspecified atom stereocenters. The summed E-state index contributed by atoms with van der Waals surface area (Å²) < 4.78 is 2.67. The highest BCUT2D eigenvalue weighted by Crippen LogP contribution is 2.18. The van der Waals surface area contributed by atoms with Crippen LogP contribution in [-0.2, 0) is 6.54 Å². The number of nitrogens with one attached hydrogen (secondary N) is 1. The normalized spacial score (nSPS) is 10.6. The number of hydrogen-bond donors (Lipinski definition) is 2. The van der Waals surface area contributed by atoms with Crippen LogP contribution in [0.4, 0.5) is 17.6 Å². The van der Waals surface area contributed by atoms with E-state index >= 15 is 0 Å². The predicted molar refractivity (Wildman–Crippen MR) is 92.4 cm³/mol. The number of anilines is 3. The first kappa shape index (κ1) is 14.9. The Morgan fingerprint density at radius 2 is 1.95 bits per heavy atom. The molecular weight excluding hydrogens is 366 g/mol. The molecule has 0 saturated carbocycles. The number of nitrogens with zero attached hydrogens (tertiary/aromatic N) is 3. The van der Waals surface area contributed by atoms with Gasteiger partial charge in [0.05, 0.1) is 6.54 Å². The molecule has 0 fully saturated rings. The van der Waals surface area contributed by atoms with E-state index in [0.717, 1.165) is 15.7 Å². The summed E-state index contributed by atoms with van der Waals surface area (Å²) in [5.74, 6) is 0.811. The Kier molecular flexibility index (Phi) is 4.31. The number of hydrogen-bond acceptors (Lipinski definition) is 4. The molecule has 3 aromatic rings. The second kappa shape index (κ2) is 6.37. The smallest absolute Gasteiger partial charge is 0.248 e. The minimum atomic E-state index is 0.358. The molecule has 1 heterocycles. The maximum absolute atomic E-state index is 5.92. The van der Waals surface area contributed by atoms with Gasteiger partial charge in [-0.25, -0.2) is 4.68 Å². The van der Waals surface area contributed by atoms with E-state index in [2.05, 4.69) is 31.3 Å². The highest BCUT2D eigenvalue weighted by atomic mass is 79.9. The largest absolute Gasteiger partial charge is 0.368 e. The summed E-state index contributed by atoms with van der Waals surface area (Å²) in [5, 5.41) is 8.15. The van der Waals surface area contributed by atoms with Crippen LogP contribution in [0.15, 0.2) is 53.0 Å². The zero-order valence-corrected chi connectivity index (χ0v) is 13.8. The molecule has 112 valence electrons. The molecule has 0 spiro atoms. The number of nitrogen functional groups attached to an aromatic ring is 1. The molecule has 0 amide bonds. The van der Waals surface area contributed by atoms with Crippen molar-refractivity contribution in [2.45, 2.75) is 6.54 Å². The number of halogens is 2. The average molecular weight is 379 g/mol. The number of aromatic nitrogens is 3. The van der Waals surface area contributed by atoms with Crippen LogP contribution in [0, 0.1) is 0 Å². The maximum atomic E-state index is 5.92. The van der Waals surface area contributed by atoms with E-state index in [9.17, 15) is 0 Å². The van der Waals surface area contributed by atoms with Crippen LogP contribution in [0.1, 0.15) is 5.56 Å². The number of nitrogens with two attached hydrogens (primary N) is 1. The second-order valence-electron chi connectivity index (χ2n) is 4.71. The van der Waals surface area contributed by atoms with Gasteiger partial charge in [-0.3, -0.25) is 0 Å². The van der Waals surface area contributed by atoms with Gasteiger partial charge >= 0.3 is 0 Å². The van der Waals surface area contributed by atoms with E-state index in [1.165, 1.54) is 0 Å². The van der Waals surface area contributed by atoms with Crippen molar-refractivity contribution in [3.05, 3.63) is 63.6 Å². The van der Waals surface area contributed by atoms with Crippen LogP contribution < -0.4 is 11.1 Å². The highest BCUT2D eigenvalue weighted by molar-refractivity contribution is 9.10. The number of benzene rings is 2. The van der Waals surface area contributed by atoms with E-state index < -0.39 is 0 Å². The number of rotatable bonds is 4. The fourth-order valence-electron chi connectivity index (χ4n) is 1.99. The van der Waals surface area contributed by atoms with E-state index in [1.807, 2.05) is 36.4 Å². The van der Waals surface area contributed by atoms with Crippen molar-refractivity contribution >= 4 is 45.1 Å². The van der Waals surface area contributed by atoms with Crippen LogP contribution >= 0.6 is 27.5 Å². The Hall–Kier alpha value is -2.05. The summed E-state index contributed by atoms with van der Waals surface area (Å²) in [5.41, 5.74) is 7.86. The van der Waals surface area contributed by atoms with Crippen molar-refractivity contribution in [3.63, 3.8) is 0 Å². The van der Waals surface area contributed by atoms with Crippen molar-refractivity contribution in [2.75, 3.05) is 11.1 Å². The van der Waals surface area contributed by atoms with Crippen LogP contribution in [0.3, 0.4) is 0 Å². The second-order valence-corrected chi connectivity index (χ2v) is 6.07. The Morgan fingerprint density at radius 3 is 2.68 bits per heavy atom. The van der Waals surface area contributed by atoms with E-state index in [4.69, 9.17) is 17.3 Å². The molecule has 2 aromatic carbocycles. The molecule has 0 radical (unpaired) electrons. The van der Waals surface area contributed by atoms with Crippen molar-refractivity contribution in [1.29, 1.82) is 0 Å².